The minimum absolute atomic E-state index is 0.169. The van der Waals surface area contributed by atoms with Crippen LogP contribution in [0.2, 0.25) is 0 Å². The smallest absolute Gasteiger partial charge is 0.348 e. The average molecular weight is 325 g/mol. The van der Waals surface area contributed by atoms with Gasteiger partial charge < -0.3 is 9.47 Å². The fourth-order valence-electron chi connectivity index (χ4n) is 2.52. The lowest BCUT2D eigenvalue weighted by Crippen LogP contribution is -2.36. The topological polar surface area (TPSA) is 55.8 Å². The van der Waals surface area contributed by atoms with Gasteiger partial charge in [-0.25, -0.2) is 4.79 Å². The van der Waals surface area contributed by atoms with Crippen LogP contribution in [0.15, 0.2) is 12.1 Å². The molecule has 0 bridgehead atoms. The Morgan fingerprint density at radius 2 is 2.09 bits per heavy atom. The Labute approximate surface area is 135 Å². The van der Waals surface area contributed by atoms with Gasteiger partial charge in [0.15, 0.2) is 0 Å². The van der Waals surface area contributed by atoms with E-state index in [1.807, 2.05) is 26.8 Å². The van der Waals surface area contributed by atoms with E-state index < -0.39 is 5.60 Å². The predicted molar refractivity (Wildman–Crippen MR) is 84.9 cm³/mol. The summed E-state index contributed by atoms with van der Waals surface area (Å²) in [5.74, 6) is -0.476. The standard InChI is InChI=1S/C16H23NO4S/c1-16(2,3)21-15(19)13-8-7-11(22-13)10-17-9-5-6-12(17)14(18)20-4/h7-8,12H,5-6,9-10H2,1-4H3/t12-/m0/s1. The van der Waals surface area contributed by atoms with Crippen LogP contribution in [0, 0.1) is 0 Å². The van der Waals surface area contributed by atoms with Crippen molar-refractivity contribution >= 4 is 23.3 Å². The number of likely N-dealkylation sites (tertiary alicyclic amines) is 1. The molecule has 122 valence electrons. The monoisotopic (exact) mass is 325 g/mol. The van der Waals surface area contributed by atoms with Crippen molar-refractivity contribution in [2.24, 2.45) is 0 Å². The second kappa shape index (κ2) is 6.79. The molecule has 2 rings (SSSR count). The molecule has 0 aromatic carbocycles. The lowest BCUT2D eigenvalue weighted by molar-refractivity contribution is -0.146. The fraction of sp³-hybridized carbons (Fsp3) is 0.625. The molecule has 0 spiro atoms. The van der Waals surface area contributed by atoms with Gasteiger partial charge in [0.05, 0.1) is 7.11 Å². The van der Waals surface area contributed by atoms with Gasteiger partial charge in [0.25, 0.3) is 0 Å². The van der Waals surface area contributed by atoms with Crippen LogP contribution in [0.25, 0.3) is 0 Å². The highest BCUT2D eigenvalue weighted by molar-refractivity contribution is 7.13. The molecule has 22 heavy (non-hydrogen) atoms. The van der Waals surface area contributed by atoms with Gasteiger partial charge in [-0.05, 0) is 52.3 Å². The van der Waals surface area contributed by atoms with Crippen molar-refractivity contribution in [3.63, 3.8) is 0 Å². The van der Waals surface area contributed by atoms with Gasteiger partial charge in [0, 0.05) is 11.4 Å². The van der Waals surface area contributed by atoms with Crippen LogP contribution in [0.5, 0.6) is 0 Å². The van der Waals surface area contributed by atoms with Crippen molar-refractivity contribution in [1.29, 1.82) is 0 Å². The minimum Gasteiger partial charge on any atom is -0.468 e. The molecule has 1 aromatic heterocycles. The lowest BCUT2D eigenvalue weighted by atomic mass is 10.2. The number of hydrogen-bond donors (Lipinski definition) is 0. The van der Waals surface area contributed by atoms with Gasteiger partial charge in [-0.15, -0.1) is 11.3 Å². The summed E-state index contributed by atoms with van der Waals surface area (Å²) < 4.78 is 10.2. The average Bonchev–Trinajstić information content (AvgIpc) is 3.05. The molecule has 0 N–H and O–H groups in total. The first-order valence-corrected chi connectivity index (χ1v) is 8.26. The number of carbonyl (C=O) groups is 2. The zero-order valence-corrected chi connectivity index (χ0v) is 14.4. The van der Waals surface area contributed by atoms with Gasteiger partial charge in [0.1, 0.15) is 16.5 Å². The van der Waals surface area contributed by atoms with E-state index >= 15 is 0 Å². The minimum atomic E-state index is -0.494. The number of ether oxygens (including phenoxy) is 2. The first kappa shape index (κ1) is 17.0. The van der Waals surface area contributed by atoms with E-state index in [-0.39, 0.29) is 18.0 Å². The first-order chi connectivity index (χ1) is 10.3. The second-order valence-electron chi connectivity index (χ2n) is 6.42. The molecule has 1 atom stereocenters. The van der Waals surface area contributed by atoms with Gasteiger partial charge in [-0.3, -0.25) is 9.69 Å². The Morgan fingerprint density at radius 3 is 2.73 bits per heavy atom. The number of esters is 2. The normalized spacial score (nSPS) is 19.2. The van der Waals surface area contributed by atoms with E-state index in [0.717, 1.165) is 24.3 Å². The second-order valence-corrected chi connectivity index (χ2v) is 7.59. The van der Waals surface area contributed by atoms with Crippen molar-refractivity contribution in [3.8, 4) is 0 Å². The molecule has 0 amide bonds. The maximum absolute atomic E-state index is 12.0. The summed E-state index contributed by atoms with van der Waals surface area (Å²) in [4.78, 5) is 27.5. The molecule has 5 nitrogen and oxygen atoms in total. The Hall–Kier alpha value is -1.40. The molecular weight excluding hydrogens is 302 g/mol. The molecule has 1 aliphatic rings. The maximum Gasteiger partial charge on any atom is 0.348 e. The van der Waals surface area contributed by atoms with E-state index in [1.165, 1.54) is 18.4 Å². The summed E-state index contributed by atoms with van der Waals surface area (Å²) in [6.45, 7) is 7.09. The third-order valence-electron chi connectivity index (χ3n) is 3.46. The fourth-order valence-corrected chi connectivity index (χ4v) is 3.43. The van der Waals surface area contributed by atoms with Crippen molar-refractivity contribution < 1.29 is 19.1 Å². The van der Waals surface area contributed by atoms with E-state index in [0.29, 0.717) is 11.4 Å². The van der Waals surface area contributed by atoms with Crippen LogP contribution in [0.1, 0.15) is 48.2 Å². The molecular formula is C16H23NO4S. The Kier molecular flexibility index (Phi) is 5.24. The summed E-state index contributed by atoms with van der Waals surface area (Å²) >= 11 is 1.42. The van der Waals surface area contributed by atoms with Gasteiger partial charge in [-0.1, -0.05) is 0 Å². The highest BCUT2D eigenvalue weighted by atomic mass is 32.1. The number of hydrogen-bond acceptors (Lipinski definition) is 6. The molecule has 1 saturated heterocycles. The molecule has 1 fully saturated rings. The Balaban J connectivity index is 2.00. The highest BCUT2D eigenvalue weighted by Gasteiger charge is 2.31. The van der Waals surface area contributed by atoms with Crippen LogP contribution >= 0.6 is 11.3 Å². The third-order valence-corrected chi connectivity index (χ3v) is 4.51. The number of carbonyl (C=O) groups excluding carboxylic acids is 2. The molecule has 2 heterocycles. The predicted octanol–water partition coefficient (Wildman–Crippen LogP) is 2.84. The van der Waals surface area contributed by atoms with E-state index in [9.17, 15) is 9.59 Å². The maximum atomic E-state index is 12.0. The molecule has 1 aliphatic heterocycles. The number of rotatable bonds is 4. The lowest BCUT2D eigenvalue weighted by Gasteiger charge is -2.21. The Bertz CT molecular complexity index is 547. The summed E-state index contributed by atoms with van der Waals surface area (Å²) in [6, 6.07) is 3.55. The molecule has 0 aliphatic carbocycles. The third kappa shape index (κ3) is 4.30. The van der Waals surface area contributed by atoms with Crippen molar-refractivity contribution in [1.82, 2.24) is 4.90 Å². The van der Waals surface area contributed by atoms with Crippen LogP contribution in [-0.2, 0) is 20.8 Å². The van der Waals surface area contributed by atoms with Gasteiger partial charge in [0.2, 0.25) is 0 Å². The zero-order valence-electron chi connectivity index (χ0n) is 13.5. The first-order valence-electron chi connectivity index (χ1n) is 7.44. The van der Waals surface area contributed by atoms with Crippen molar-refractivity contribution in [2.45, 2.75) is 51.8 Å². The summed E-state index contributed by atoms with van der Waals surface area (Å²) in [7, 11) is 1.42. The van der Waals surface area contributed by atoms with Gasteiger partial charge in [-0.2, -0.15) is 0 Å². The molecule has 6 heteroatoms. The zero-order chi connectivity index (χ0) is 16.3. The Morgan fingerprint density at radius 1 is 1.36 bits per heavy atom. The molecule has 0 saturated carbocycles. The van der Waals surface area contributed by atoms with E-state index in [4.69, 9.17) is 9.47 Å². The number of thiophene rings is 1. The van der Waals surface area contributed by atoms with Crippen molar-refractivity contribution in [3.05, 3.63) is 21.9 Å². The summed E-state index contributed by atoms with van der Waals surface area (Å²) in [5, 5.41) is 0. The quantitative estimate of drug-likeness (QED) is 0.797. The molecule has 1 aromatic rings. The largest absolute Gasteiger partial charge is 0.468 e. The van der Waals surface area contributed by atoms with Gasteiger partial charge >= 0.3 is 11.9 Å². The number of nitrogens with zero attached hydrogens (tertiary/aromatic N) is 1. The SMILES string of the molecule is COC(=O)[C@@H]1CCCN1Cc1ccc(C(=O)OC(C)(C)C)s1. The number of methoxy groups -OCH3 is 1. The molecule has 0 radical (unpaired) electrons. The van der Waals surface area contributed by atoms with Crippen LogP contribution in [0.4, 0.5) is 0 Å². The van der Waals surface area contributed by atoms with Crippen LogP contribution in [-0.4, -0.2) is 42.1 Å². The van der Waals surface area contributed by atoms with E-state index in [2.05, 4.69) is 4.90 Å². The molecule has 0 unspecified atom stereocenters. The summed E-state index contributed by atoms with van der Waals surface area (Å²) in [5.41, 5.74) is -0.494. The summed E-state index contributed by atoms with van der Waals surface area (Å²) in [6.07, 6.45) is 1.82. The van der Waals surface area contributed by atoms with Crippen LogP contribution in [0.3, 0.4) is 0 Å². The van der Waals surface area contributed by atoms with E-state index in [1.54, 1.807) is 6.07 Å². The van der Waals surface area contributed by atoms with Crippen LogP contribution < -0.4 is 0 Å². The van der Waals surface area contributed by atoms with Crippen molar-refractivity contribution in [2.75, 3.05) is 13.7 Å². The highest BCUT2D eigenvalue weighted by Crippen LogP contribution is 2.25.